The lowest BCUT2D eigenvalue weighted by atomic mass is 10.0. The third-order valence-electron chi connectivity index (χ3n) is 5.78. The number of benzene rings is 1. The Hall–Kier alpha value is -2.08. The van der Waals surface area contributed by atoms with Crippen molar-refractivity contribution in [1.82, 2.24) is 9.80 Å². The topological polar surface area (TPSA) is 59.1 Å². The normalized spacial score (nSPS) is 22.3. The predicted octanol–water partition coefficient (Wildman–Crippen LogP) is 2.00. The third-order valence-corrected chi connectivity index (χ3v) is 5.78. The van der Waals surface area contributed by atoms with Crippen LogP contribution < -0.4 is 4.74 Å². The van der Waals surface area contributed by atoms with E-state index in [-0.39, 0.29) is 17.7 Å². The van der Waals surface area contributed by atoms with Crippen molar-refractivity contribution in [3.8, 4) is 5.75 Å². The molecule has 2 saturated heterocycles. The van der Waals surface area contributed by atoms with E-state index in [4.69, 9.17) is 9.47 Å². The lowest BCUT2D eigenvalue weighted by Crippen LogP contribution is -2.37. The monoisotopic (exact) mass is 372 g/mol. The summed E-state index contributed by atoms with van der Waals surface area (Å²) in [6, 6.07) is 6.12. The molecule has 1 unspecified atom stereocenters. The van der Waals surface area contributed by atoms with E-state index in [0.717, 1.165) is 55.6 Å². The highest BCUT2D eigenvalue weighted by molar-refractivity contribution is 5.79. The average molecular weight is 372 g/mol. The van der Waals surface area contributed by atoms with Crippen LogP contribution in [0.4, 0.5) is 0 Å². The molecule has 2 amide bonds. The van der Waals surface area contributed by atoms with Crippen molar-refractivity contribution in [3.05, 3.63) is 29.3 Å². The number of carbonyl (C=O) groups excluding carboxylic acids is 2. The summed E-state index contributed by atoms with van der Waals surface area (Å²) >= 11 is 0. The van der Waals surface area contributed by atoms with Gasteiger partial charge in [0.15, 0.2) is 0 Å². The molecule has 0 aromatic heterocycles. The van der Waals surface area contributed by atoms with Crippen molar-refractivity contribution in [3.63, 3.8) is 0 Å². The number of ether oxygens (including phenoxy) is 2. The molecule has 1 aromatic rings. The molecular formula is C21H28N2O4. The molecule has 3 heterocycles. The van der Waals surface area contributed by atoms with Gasteiger partial charge in [-0.05, 0) is 37.3 Å². The second-order valence-corrected chi connectivity index (χ2v) is 7.70. The number of rotatable bonds is 4. The van der Waals surface area contributed by atoms with E-state index in [1.807, 2.05) is 21.9 Å². The number of fused-ring (bicyclic) bond motifs is 1. The van der Waals surface area contributed by atoms with E-state index in [1.165, 1.54) is 0 Å². The van der Waals surface area contributed by atoms with Crippen LogP contribution in [0.3, 0.4) is 0 Å². The van der Waals surface area contributed by atoms with Crippen molar-refractivity contribution in [1.29, 1.82) is 0 Å². The molecule has 6 nitrogen and oxygen atoms in total. The molecule has 3 aliphatic rings. The lowest BCUT2D eigenvalue weighted by molar-refractivity contribution is -0.136. The van der Waals surface area contributed by atoms with Crippen LogP contribution in [0.15, 0.2) is 18.2 Å². The summed E-state index contributed by atoms with van der Waals surface area (Å²) in [5, 5.41) is 0. The molecule has 0 aliphatic carbocycles. The van der Waals surface area contributed by atoms with Crippen molar-refractivity contribution < 1.29 is 19.1 Å². The fourth-order valence-electron chi connectivity index (χ4n) is 4.15. The van der Waals surface area contributed by atoms with Gasteiger partial charge in [-0.3, -0.25) is 9.59 Å². The number of aryl methyl sites for hydroxylation is 1. The summed E-state index contributed by atoms with van der Waals surface area (Å²) in [4.78, 5) is 28.9. The van der Waals surface area contributed by atoms with Crippen LogP contribution in [0.2, 0.25) is 0 Å². The van der Waals surface area contributed by atoms with Gasteiger partial charge in [-0.1, -0.05) is 12.1 Å². The van der Waals surface area contributed by atoms with Gasteiger partial charge < -0.3 is 19.3 Å². The zero-order valence-electron chi connectivity index (χ0n) is 15.8. The molecule has 6 heteroatoms. The van der Waals surface area contributed by atoms with Crippen molar-refractivity contribution in [2.24, 2.45) is 5.92 Å². The van der Waals surface area contributed by atoms with Gasteiger partial charge in [0.2, 0.25) is 11.8 Å². The summed E-state index contributed by atoms with van der Waals surface area (Å²) < 4.78 is 11.2. The highest BCUT2D eigenvalue weighted by atomic mass is 16.5. The summed E-state index contributed by atoms with van der Waals surface area (Å²) in [5.74, 6) is 1.24. The van der Waals surface area contributed by atoms with Gasteiger partial charge in [-0.15, -0.1) is 0 Å². The van der Waals surface area contributed by atoms with Crippen LogP contribution in [0, 0.1) is 5.92 Å². The van der Waals surface area contributed by atoms with Gasteiger partial charge in [-0.2, -0.15) is 0 Å². The summed E-state index contributed by atoms with van der Waals surface area (Å²) in [7, 11) is 0. The predicted molar refractivity (Wildman–Crippen MR) is 100 cm³/mol. The number of amides is 2. The van der Waals surface area contributed by atoms with Crippen LogP contribution in [-0.2, 0) is 27.3 Å². The Balaban J connectivity index is 1.40. The molecule has 146 valence electrons. The fourth-order valence-corrected chi connectivity index (χ4v) is 4.15. The number of carbonyl (C=O) groups is 2. The highest BCUT2D eigenvalue weighted by Crippen LogP contribution is 2.27. The Morgan fingerprint density at radius 3 is 2.70 bits per heavy atom. The van der Waals surface area contributed by atoms with Crippen LogP contribution in [0.5, 0.6) is 5.75 Å². The van der Waals surface area contributed by atoms with Crippen molar-refractivity contribution >= 4 is 11.8 Å². The first-order valence-corrected chi connectivity index (χ1v) is 10.1. The van der Waals surface area contributed by atoms with Gasteiger partial charge >= 0.3 is 0 Å². The molecule has 2 fully saturated rings. The van der Waals surface area contributed by atoms with Gasteiger partial charge in [0.1, 0.15) is 12.4 Å². The van der Waals surface area contributed by atoms with Crippen LogP contribution in [-0.4, -0.2) is 61.1 Å². The van der Waals surface area contributed by atoms with Crippen LogP contribution in [0.1, 0.15) is 36.8 Å². The summed E-state index contributed by atoms with van der Waals surface area (Å²) in [6.07, 6.45) is 4.33. The lowest BCUT2D eigenvalue weighted by Gasteiger charge is -2.23. The zero-order chi connectivity index (χ0) is 18.6. The first kappa shape index (κ1) is 18.3. The molecule has 0 spiro atoms. The molecule has 4 rings (SSSR count). The van der Waals surface area contributed by atoms with E-state index in [9.17, 15) is 9.59 Å². The van der Waals surface area contributed by atoms with Crippen molar-refractivity contribution in [2.45, 2.75) is 38.6 Å². The Morgan fingerprint density at radius 1 is 1.07 bits per heavy atom. The molecule has 27 heavy (non-hydrogen) atoms. The first-order chi connectivity index (χ1) is 13.2. The standard InChI is InChI=1S/C21H28N2O4/c24-20(22-8-1-2-9-22)6-4-16-3-5-19-18(13-16)14-23(10-12-27-19)21(25)17-7-11-26-15-17/h3,5,13,17H,1-2,4,6-12,14-15H2. The number of likely N-dealkylation sites (tertiary alicyclic amines) is 1. The van der Waals surface area contributed by atoms with Crippen LogP contribution >= 0.6 is 0 Å². The summed E-state index contributed by atoms with van der Waals surface area (Å²) in [6.45, 7) is 4.69. The molecule has 0 bridgehead atoms. The van der Waals surface area contributed by atoms with Gasteiger partial charge in [0.25, 0.3) is 0 Å². The minimum atomic E-state index is -0.0205. The largest absolute Gasteiger partial charge is 0.491 e. The third kappa shape index (κ3) is 4.26. The molecule has 3 aliphatic heterocycles. The Labute approximate surface area is 160 Å². The van der Waals surface area contributed by atoms with E-state index in [2.05, 4.69) is 6.07 Å². The molecule has 0 N–H and O–H groups in total. The highest BCUT2D eigenvalue weighted by Gasteiger charge is 2.29. The molecule has 1 aromatic carbocycles. The Morgan fingerprint density at radius 2 is 1.93 bits per heavy atom. The number of hydrogen-bond donors (Lipinski definition) is 0. The van der Waals surface area contributed by atoms with E-state index in [1.54, 1.807) is 0 Å². The molecule has 1 atom stereocenters. The van der Waals surface area contributed by atoms with Gasteiger partial charge in [-0.25, -0.2) is 0 Å². The minimum absolute atomic E-state index is 0.0205. The van der Waals surface area contributed by atoms with E-state index < -0.39 is 0 Å². The molecule has 0 radical (unpaired) electrons. The number of nitrogens with zero attached hydrogens (tertiary/aromatic N) is 2. The average Bonchev–Trinajstić information content (AvgIpc) is 3.36. The SMILES string of the molecule is O=C(CCc1ccc2c(c1)CN(C(=O)C1CCOC1)CCO2)N1CCCC1. The maximum atomic E-state index is 12.8. The van der Waals surface area contributed by atoms with E-state index in [0.29, 0.717) is 39.3 Å². The first-order valence-electron chi connectivity index (χ1n) is 10.1. The fraction of sp³-hybridized carbons (Fsp3) is 0.619. The maximum Gasteiger partial charge on any atom is 0.228 e. The smallest absolute Gasteiger partial charge is 0.228 e. The number of hydrogen-bond acceptors (Lipinski definition) is 4. The summed E-state index contributed by atoms with van der Waals surface area (Å²) in [5.41, 5.74) is 2.16. The van der Waals surface area contributed by atoms with Crippen LogP contribution in [0.25, 0.3) is 0 Å². The van der Waals surface area contributed by atoms with Gasteiger partial charge in [0, 0.05) is 38.2 Å². The zero-order valence-corrected chi connectivity index (χ0v) is 15.8. The Bertz CT molecular complexity index is 693. The van der Waals surface area contributed by atoms with Gasteiger partial charge in [0.05, 0.1) is 19.1 Å². The van der Waals surface area contributed by atoms with E-state index >= 15 is 0 Å². The minimum Gasteiger partial charge on any atom is -0.491 e. The van der Waals surface area contributed by atoms with Crippen molar-refractivity contribution in [2.75, 3.05) is 39.5 Å². The second kappa shape index (κ2) is 8.30. The molecular weight excluding hydrogens is 344 g/mol. The Kier molecular flexibility index (Phi) is 5.62. The second-order valence-electron chi connectivity index (χ2n) is 7.70. The molecule has 0 saturated carbocycles. The maximum absolute atomic E-state index is 12.8. The quantitative estimate of drug-likeness (QED) is 0.811.